The summed E-state index contributed by atoms with van der Waals surface area (Å²) >= 11 is 5.91. The third-order valence-corrected chi connectivity index (χ3v) is 4.27. The van der Waals surface area contributed by atoms with Crippen molar-refractivity contribution in [3.8, 4) is 0 Å². The van der Waals surface area contributed by atoms with Crippen molar-refractivity contribution >= 4 is 11.6 Å². The molecule has 1 aromatic rings. The van der Waals surface area contributed by atoms with Gasteiger partial charge in [0, 0.05) is 17.1 Å². The number of benzene rings is 1. The summed E-state index contributed by atoms with van der Waals surface area (Å²) in [5.41, 5.74) is 1.33. The molecule has 2 rings (SSSR count). The molecule has 0 bridgehead atoms. The van der Waals surface area contributed by atoms with Crippen molar-refractivity contribution in [2.75, 3.05) is 0 Å². The van der Waals surface area contributed by atoms with Gasteiger partial charge in [0.25, 0.3) is 0 Å². The Morgan fingerprint density at radius 2 is 2.00 bits per heavy atom. The molecule has 0 amide bonds. The minimum Gasteiger partial charge on any atom is -0.307 e. The fraction of sp³-hybridized carbons (Fsp3) is 0.600. The third kappa shape index (κ3) is 3.23. The minimum atomic E-state index is 0.421. The summed E-state index contributed by atoms with van der Waals surface area (Å²) in [7, 11) is 0. The highest BCUT2D eigenvalue weighted by atomic mass is 35.5. The lowest BCUT2D eigenvalue weighted by Gasteiger charge is -2.24. The Balaban J connectivity index is 1.96. The van der Waals surface area contributed by atoms with Gasteiger partial charge in [-0.3, -0.25) is 0 Å². The maximum Gasteiger partial charge on any atom is 0.0406 e. The van der Waals surface area contributed by atoms with Crippen LogP contribution in [0.25, 0.3) is 0 Å². The molecule has 17 heavy (non-hydrogen) atoms. The van der Waals surface area contributed by atoms with Gasteiger partial charge in [0.1, 0.15) is 0 Å². The maximum absolute atomic E-state index is 5.91. The van der Waals surface area contributed by atoms with Gasteiger partial charge in [-0.25, -0.2) is 0 Å². The van der Waals surface area contributed by atoms with Crippen LogP contribution in [0, 0.1) is 5.92 Å². The average molecular weight is 252 g/mol. The Morgan fingerprint density at radius 1 is 1.29 bits per heavy atom. The Kier molecular flexibility index (Phi) is 4.47. The van der Waals surface area contributed by atoms with E-state index in [4.69, 9.17) is 11.6 Å². The second-order valence-electron chi connectivity index (χ2n) is 5.15. The first-order chi connectivity index (χ1) is 8.20. The van der Waals surface area contributed by atoms with Gasteiger partial charge in [-0.1, -0.05) is 43.5 Å². The average Bonchev–Trinajstić information content (AvgIpc) is 2.77. The number of nitrogens with one attached hydrogen (secondary N) is 1. The molecular formula is C15H22ClN. The van der Waals surface area contributed by atoms with Gasteiger partial charge < -0.3 is 5.32 Å². The van der Waals surface area contributed by atoms with Crippen molar-refractivity contribution in [1.82, 2.24) is 5.32 Å². The van der Waals surface area contributed by atoms with E-state index in [9.17, 15) is 0 Å². The molecule has 0 saturated heterocycles. The summed E-state index contributed by atoms with van der Waals surface area (Å²) in [5.74, 6) is 0.866. The first-order valence-corrected chi connectivity index (χ1v) is 7.10. The first kappa shape index (κ1) is 12.9. The smallest absolute Gasteiger partial charge is 0.0406 e. The molecule has 94 valence electrons. The van der Waals surface area contributed by atoms with E-state index in [2.05, 4.69) is 31.3 Å². The Labute approximate surface area is 110 Å². The van der Waals surface area contributed by atoms with Gasteiger partial charge in [-0.15, -0.1) is 0 Å². The van der Waals surface area contributed by atoms with Crippen LogP contribution in [0.3, 0.4) is 0 Å². The molecule has 1 aliphatic rings. The second kappa shape index (κ2) is 5.88. The minimum absolute atomic E-state index is 0.421. The second-order valence-corrected chi connectivity index (χ2v) is 5.58. The van der Waals surface area contributed by atoms with Crippen molar-refractivity contribution in [3.05, 3.63) is 34.9 Å². The Hall–Kier alpha value is -0.530. The molecule has 0 aliphatic heterocycles. The van der Waals surface area contributed by atoms with E-state index in [1.165, 1.54) is 31.2 Å². The number of hydrogen-bond donors (Lipinski definition) is 1. The zero-order valence-corrected chi connectivity index (χ0v) is 11.5. The Bertz CT molecular complexity index is 346. The molecule has 1 fully saturated rings. The first-order valence-electron chi connectivity index (χ1n) is 6.72. The van der Waals surface area contributed by atoms with Crippen molar-refractivity contribution < 1.29 is 0 Å². The highest BCUT2D eigenvalue weighted by Crippen LogP contribution is 2.30. The molecule has 2 heteroatoms. The van der Waals surface area contributed by atoms with Crippen molar-refractivity contribution in [1.29, 1.82) is 0 Å². The maximum atomic E-state index is 5.91. The number of rotatable bonds is 4. The summed E-state index contributed by atoms with van der Waals surface area (Å²) in [6.07, 6.45) is 5.40. The van der Waals surface area contributed by atoms with E-state index in [-0.39, 0.29) is 0 Å². The lowest BCUT2D eigenvalue weighted by atomic mass is 9.98. The van der Waals surface area contributed by atoms with Crippen LogP contribution in [0.5, 0.6) is 0 Å². The van der Waals surface area contributed by atoms with Gasteiger partial charge in [0.05, 0.1) is 0 Å². The van der Waals surface area contributed by atoms with E-state index in [1.807, 2.05) is 12.1 Å². The Morgan fingerprint density at radius 3 is 2.65 bits per heavy atom. The summed E-state index contributed by atoms with van der Waals surface area (Å²) in [6.45, 7) is 4.55. The molecule has 0 aromatic heterocycles. The molecule has 0 heterocycles. The summed E-state index contributed by atoms with van der Waals surface area (Å²) < 4.78 is 0. The van der Waals surface area contributed by atoms with Crippen LogP contribution in [0.1, 0.15) is 51.1 Å². The van der Waals surface area contributed by atoms with E-state index in [0.29, 0.717) is 12.1 Å². The van der Waals surface area contributed by atoms with Gasteiger partial charge in [0.2, 0.25) is 0 Å². The molecule has 0 spiro atoms. The molecule has 1 nitrogen and oxygen atoms in total. The quantitative estimate of drug-likeness (QED) is 0.827. The zero-order chi connectivity index (χ0) is 12.3. The summed E-state index contributed by atoms with van der Waals surface area (Å²) in [6, 6.07) is 9.31. The monoisotopic (exact) mass is 251 g/mol. The van der Waals surface area contributed by atoms with E-state index in [1.54, 1.807) is 0 Å². The van der Waals surface area contributed by atoms with Gasteiger partial charge in [-0.05, 0) is 43.4 Å². The molecular weight excluding hydrogens is 230 g/mol. The number of hydrogen-bond acceptors (Lipinski definition) is 1. The largest absolute Gasteiger partial charge is 0.307 e. The predicted octanol–water partition coefficient (Wildman–Crippen LogP) is 4.57. The van der Waals surface area contributed by atoms with Crippen molar-refractivity contribution in [2.24, 2.45) is 5.92 Å². The molecule has 2 unspecified atom stereocenters. The van der Waals surface area contributed by atoms with Crippen LogP contribution in [-0.4, -0.2) is 6.04 Å². The number of halogens is 1. The highest BCUT2D eigenvalue weighted by molar-refractivity contribution is 6.30. The van der Waals surface area contributed by atoms with Crippen LogP contribution < -0.4 is 5.32 Å². The molecule has 1 aliphatic carbocycles. The lowest BCUT2D eigenvalue weighted by Crippen LogP contribution is -2.34. The molecule has 0 radical (unpaired) electrons. The lowest BCUT2D eigenvalue weighted by molar-refractivity contribution is 0.360. The summed E-state index contributed by atoms with van der Waals surface area (Å²) in [5, 5.41) is 4.59. The predicted molar refractivity (Wildman–Crippen MR) is 74.4 cm³/mol. The van der Waals surface area contributed by atoms with Crippen LogP contribution >= 0.6 is 11.6 Å². The molecule has 1 N–H and O–H groups in total. The normalized spacial score (nSPS) is 26.1. The fourth-order valence-electron chi connectivity index (χ4n) is 2.91. The highest BCUT2D eigenvalue weighted by Gasteiger charge is 2.26. The van der Waals surface area contributed by atoms with E-state index < -0.39 is 0 Å². The summed E-state index contributed by atoms with van der Waals surface area (Å²) in [4.78, 5) is 0. The van der Waals surface area contributed by atoms with E-state index >= 15 is 0 Å². The van der Waals surface area contributed by atoms with Crippen LogP contribution in [0.15, 0.2) is 24.3 Å². The standard InChI is InChI=1S/C15H22ClN/c1-3-12-5-4-6-15(12)17-11(2)13-7-9-14(16)10-8-13/h7-12,15,17H,3-6H2,1-2H3/t11-,12?,15?/m0/s1. The van der Waals surface area contributed by atoms with Gasteiger partial charge in [-0.2, -0.15) is 0 Å². The molecule has 1 saturated carbocycles. The SMILES string of the molecule is CCC1CCCC1N[C@@H](C)c1ccc(Cl)cc1. The van der Waals surface area contributed by atoms with Gasteiger partial charge in [0.15, 0.2) is 0 Å². The molecule has 3 atom stereocenters. The fourth-order valence-corrected chi connectivity index (χ4v) is 3.04. The topological polar surface area (TPSA) is 12.0 Å². The van der Waals surface area contributed by atoms with Crippen LogP contribution in [-0.2, 0) is 0 Å². The van der Waals surface area contributed by atoms with Gasteiger partial charge >= 0.3 is 0 Å². The van der Waals surface area contributed by atoms with E-state index in [0.717, 1.165) is 10.9 Å². The third-order valence-electron chi connectivity index (χ3n) is 4.02. The van der Waals surface area contributed by atoms with Crippen molar-refractivity contribution in [3.63, 3.8) is 0 Å². The molecule has 1 aromatic carbocycles. The van der Waals surface area contributed by atoms with Crippen molar-refractivity contribution in [2.45, 2.75) is 51.6 Å². The van der Waals surface area contributed by atoms with Crippen LogP contribution in [0.4, 0.5) is 0 Å². The zero-order valence-electron chi connectivity index (χ0n) is 10.7. The van der Waals surface area contributed by atoms with Crippen LogP contribution in [0.2, 0.25) is 5.02 Å².